The van der Waals surface area contributed by atoms with Crippen LogP contribution < -0.4 is 4.90 Å². The molecule has 1 N–H and O–H groups in total. The van der Waals surface area contributed by atoms with Crippen LogP contribution >= 0.6 is 0 Å². The second kappa shape index (κ2) is 7.40. The van der Waals surface area contributed by atoms with E-state index in [1.807, 2.05) is 0 Å². The number of amides is 3. The number of benzene rings is 1. The summed E-state index contributed by atoms with van der Waals surface area (Å²) in [7, 11) is -5.56. The molecule has 1 aromatic carbocycles. The predicted octanol–water partition coefficient (Wildman–Crippen LogP) is 2.04. The van der Waals surface area contributed by atoms with Gasteiger partial charge < -0.3 is 10.0 Å². The van der Waals surface area contributed by atoms with Gasteiger partial charge in [0.25, 0.3) is 15.7 Å². The Hall–Kier alpha value is -3.48. The van der Waals surface area contributed by atoms with Gasteiger partial charge in [0.2, 0.25) is 0 Å². The first-order chi connectivity index (χ1) is 13.9. The third-order valence-electron chi connectivity index (χ3n) is 4.16. The molecule has 3 rings (SSSR count). The molecule has 3 amide bonds. The van der Waals surface area contributed by atoms with Crippen molar-refractivity contribution < 1.29 is 41.1 Å². The average Bonchev–Trinajstić information content (AvgIpc) is 2.94. The number of rotatable bonds is 5. The number of alkyl halides is 3. The van der Waals surface area contributed by atoms with Crippen LogP contribution in [0.3, 0.4) is 0 Å². The number of pyridine rings is 1. The molecule has 2 heterocycles. The minimum atomic E-state index is -5.56. The van der Waals surface area contributed by atoms with Gasteiger partial charge >= 0.3 is 17.5 Å². The minimum Gasteiger partial charge on any atom is -0.477 e. The number of aromatic nitrogens is 1. The summed E-state index contributed by atoms with van der Waals surface area (Å²) in [6, 6.07) is 5.07. The standard InChI is InChI=1S/C17H12F3N3O6S/c18-17(19,20)30(28,29)12-3-1-11(2-4-12)23-14(24)9-22(16(23)27)8-10-5-6-21-13(7-10)15(25)26/h1-7H,8-9H2,(H,25,26). The molecular formula is C17H12F3N3O6S. The van der Waals surface area contributed by atoms with Crippen molar-refractivity contribution in [1.82, 2.24) is 9.88 Å². The highest BCUT2D eigenvalue weighted by Crippen LogP contribution is 2.32. The zero-order chi connectivity index (χ0) is 22.3. The highest BCUT2D eigenvalue weighted by molar-refractivity contribution is 7.92. The van der Waals surface area contributed by atoms with E-state index in [2.05, 4.69) is 4.98 Å². The van der Waals surface area contributed by atoms with E-state index in [0.29, 0.717) is 22.6 Å². The number of carboxylic acids is 1. The van der Waals surface area contributed by atoms with Crippen LogP contribution in [0, 0.1) is 0 Å². The van der Waals surface area contributed by atoms with Gasteiger partial charge in [0.1, 0.15) is 12.2 Å². The van der Waals surface area contributed by atoms with Crippen LogP contribution in [0.25, 0.3) is 0 Å². The van der Waals surface area contributed by atoms with Crippen LogP contribution in [0.15, 0.2) is 47.5 Å². The molecule has 13 heteroatoms. The van der Waals surface area contributed by atoms with Crippen molar-refractivity contribution in [2.45, 2.75) is 16.9 Å². The molecule has 30 heavy (non-hydrogen) atoms. The van der Waals surface area contributed by atoms with E-state index < -0.39 is 38.1 Å². The topological polar surface area (TPSA) is 125 Å². The Morgan fingerprint density at radius 3 is 2.33 bits per heavy atom. The number of halogens is 3. The highest BCUT2D eigenvalue weighted by Gasteiger charge is 2.47. The summed E-state index contributed by atoms with van der Waals surface area (Å²) in [6.07, 6.45) is 1.23. The quantitative estimate of drug-likeness (QED) is 0.701. The molecule has 1 fully saturated rings. The first-order valence-corrected chi connectivity index (χ1v) is 9.61. The number of carboxylic acid groups (broad SMARTS) is 1. The summed E-state index contributed by atoms with van der Waals surface area (Å²) < 4.78 is 60.7. The van der Waals surface area contributed by atoms with E-state index in [9.17, 15) is 36.0 Å². The molecule has 1 aliphatic heterocycles. The van der Waals surface area contributed by atoms with E-state index in [4.69, 9.17) is 5.11 Å². The zero-order valence-corrected chi connectivity index (χ0v) is 15.6. The number of nitrogens with zero attached hydrogens (tertiary/aromatic N) is 3. The lowest BCUT2D eigenvalue weighted by Gasteiger charge is -2.17. The summed E-state index contributed by atoms with van der Waals surface area (Å²) in [5.74, 6) is -1.95. The fourth-order valence-corrected chi connectivity index (χ4v) is 3.51. The molecule has 0 spiro atoms. The summed E-state index contributed by atoms with van der Waals surface area (Å²) in [6.45, 7) is -0.462. The van der Waals surface area contributed by atoms with Gasteiger partial charge in [0.05, 0.1) is 10.6 Å². The molecular weight excluding hydrogens is 431 g/mol. The predicted molar refractivity (Wildman–Crippen MR) is 94.2 cm³/mol. The lowest BCUT2D eigenvalue weighted by molar-refractivity contribution is -0.116. The second-order valence-electron chi connectivity index (χ2n) is 6.17. The molecule has 0 bridgehead atoms. The van der Waals surface area contributed by atoms with Gasteiger partial charge in [-0.3, -0.25) is 4.79 Å². The summed E-state index contributed by atoms with van der Waals surface area (Å²) >= 11 is 0. The number of carbonyl (C=O) groups excluding carboxylic acids is 2. The second-order valence-corrected chi connectivity index (χ2v) is 8.11. The number of hydrogen-bond acceptors (Lipinski definition) is 6. The monoisotopic (exact) mass is 443 g/mol. The maximum atomic E-state index is 12.6. The first kappa shape index (κ1) is 21.2. The molecule has 0 radical (unpaired) electrons. The summed E-state index contributed by atoms with van der Waals surface area (Å²) in [5, 5.41) is 8.97. The molecule has 0 unspecified atom stereocenters. The molecule has 0 atom stereocenters. The molecule has 1 saturated heterocycles. The number of anilines is 1. The Morgan fingerprint density at radius 2 is 1.77 bits per heavy atom. The van der Waals surface area contributed by atoms with Crippen molar-refractivity contribution in [2.24, 2.45) is 0 Å². The molecule has 1 aliphatic rings. The van der Waals surface area contributed by atoms with Crippen LogP contribution in [0.1, 0.15) is 16.1 Å². The Morgan fingerprint density at radius 1 is 1.13 bits per heavy atom. The minimum absolute atomic E-state index is 0.102. The Balaban J connectivity index is 1.81. The highest BCUT2D eigenvalue weighted by atomic mass is 32.2. The van der Waals surface area contributed by atoms with Crippen molar-refractivity contribution in [3.8, 4) is 0 Å². The molecule has 158 valence electrons. The van der Waals surface area contributed by atoms with Gasteiger partial charge in [0.15, 0.2) is 0 Å². The number of carbonyl (C=O) groups is 3. The van der Waals surface area contributed by atoms with Crippen molar-refractivity contribution >= 4 is 33.4 Å². The average molecular weight is 443 g/mol. The molecule has 0 saturated carbocycles. The largest absolute Gasteiger partial charge is 0.501 e. The van der Waals surface area contributed by atoms with E-state index in [1.54, 1.807) is 0 Å². The van der Waals surface area contributed by atoms with E-state index in [0.717, 1.165) is 17.0 Å². The van der Waals surface area contributed by atoms with Crippen molar-refractivity contribution in [3.63, 3.8) is 0 Å². The van der Waals surface area contributed by atoms with E-state index in [1.165, 1.54) is 18.3 Å². The van der Waals surface area contributed by atoms with Crippen LogP contribution in [-0.2, 0) is 21.2 Å². The summed E-state index contributed by atoms with van der Waals surface area (Å²) in [4.78, 5) is 40.3. The molecule has 0 aliphatic carbocycles. The van der Waals surface area contributed by atoms with Crippen LogP contribution in [-0.4, -0.2) is 53.4 Å². The van der Waals surface area contributed by atoms with Gasteiger partial charge in [-0.25, -0.2) is 27.9 Å². The first-order valence-electron chi connectivity index (χ1n) is 8.13. The van der Waals surface area contributed by atoms with E-state index in [-0.39, 0.29) is 24.5 Å². The molecule has 1 aromatic heterocycles. The number of hydrogen-bond donors (Lipinski definition) is 1. The third kappa shape index (κ3) is 3.83. The smallest absolute Gasteiger partial charge is 0.477 e. The lowest BCUT2D eigenvalue weighted by atomic mass is 10.2. The maximum Gasteiger partial charge on any atom is 0.501 e. The number of sulfone groups is 1. The lowest BCUT2D eigenvalue weighted by Crippen LogP contribution is -2.33. The van der Waals surface area contributed by atoms with Gasteiger partial charge in [-0.1, -0.05) is 0 Å². The number of imide groups is 1. The number of aromatic carboxylic acids is 1. The Labute approximate surface area is 167 Å². The van der Waals surface area contributed by atoms with Crippen LogP contribution in [0.2, 0.25) is 0 Å². The third-order valence-corrected chi connectivity index (χ3v) is 5.67. The van der Waals surface area contributed by atoms with Gasteiger partial charge in [-0.15, -0.1) is 0 Å². The Bertz CT molecular complexity index is 1130. The van der Waals surface area contributed by atoms with Gasteiger partial charge in [-0.05, 0) is 42.0 Å². The molecule has 9 nitrogen and oxygen atoms in total. The Kier molecular flexibility index (Phi) is 5.24. The van der Waals surface area contributed by atoms with Gasteiger partial charge in [0, 0.05) is 12.7 Å². The fourth-order valence-electron chi connectivity index (χ4n) is 2.75. The van der Waals surface area contributed by atoms with Crippen LogP contribution in [0.5, 0.6) is 0 Å². The summed E-state index contributed by atoms with van der Waals surface area (Å²) in [5.41, 5.74) is -5.43. The number of urea groups is 1. The molecule has 2 aromatic rings. The van der Waals surface area contributed by atoms with Crippen molar-refractivity contribution in [1.29, 1.82) is 0 Å². The fraction of sp³-hybridized carbons (Fsp3) is 0.176. The normalized spacial score (nSPS) is 15.0. The van der Waals surface area contributed by atoms with Gasteiger partial charge in [-0.2, -0.15) is 13.2 Å². The van der Waals surface area contributed by atoms with Crippen LogP contribution in [0.4, 0.5) is 23.7 Å². The zero-order valence-electron chi connectivity index (χ0n) is 14.8. The van der Waals surface area contributed by atoms with Crippen molar-refractivity contribution in [2.75, 3.05) is 11.4 Å². The van der Waals surface area contributed by atoms with Crippen molar-refractivity contribution in [3.05, 3.63) is 53.9 Å². The maximum absolute atomic E-state index is 12.6. The van der Waals surface area contributed by atoms with E-state index >= 15 is 0 Å². The SMILES string of the molecule is O=C(O)c1cc(CN2CC(=O)N(c3ccc(S(=O)(=O)C(F)(F)F)cc3)C2=O)ccn1.